The van der Waals surface area contributed by atoms with Crippen LogP contribution in [0, 0.1) is 11.3 Å². The van der Waals surface area contributed by atoms with Crippen LogP contribution in [0.3, 0.4) is 0 Å². The molecule has 0 aliphatic carbocycles. The quantitative estimate of drug-likeness (QED) is 0.679. The number of nitrogens with one attached hydrogen (secondary N) is 1. The Morgan fingerprint density at radius 3 is 2.72 bits per heavy atom. The van der Waals surface area contributed by atoms with Crippen LogP contribution in [0.15, 0.2) is 41.6 Å². The zero-order chi connectivity index (χ0) is 23.5. The average molecular weight is 490 g/mol. The summed E-state index contributed by atoms with van der Waals surface area (Å²) >= 11 is 6.03. The maximum absolute atomic E-state index is 13.1. The molecule has 170 valence electrons. The van der Waals surface area contributed by atoms with Gasteiger partial charge in [-0.15, -0.1) is 0 Å². The highest BCUT2D eigenvalue weighted by molar-refractivity contribution is 7.92. The van der Waals surface area contributed by atoms with Crippen molar-refractivity contribution in [2.75, 3.05) is 18.0 Å². The fraction of sp³-hybridized carbons (Fsp3) is 0.333. The number of aromatic nitrogens is 2. The molecule has 2 aromatic rings. The summed E-state index contributed by atoms with van der Waals surface area (Å²) in [5, 5.41) is 9.47. The Kier molecular flexibility index (Phi) is 6.75. The normalized spacial score (nSPS) is 18.8. The lowest BCUT2D eigenvalue weighted by Crippen LogP contribution is -2.40. The number of nitriles is 1. The minimum absolute atomic E-state index is 0.00221. The smallest absolute Gasteiger partial charge is 0.409 e. The highest BCUT2D eigenvalue weighted by atomic mass is 35.5. The number of benzene rings is 1. The molecule has 0 spiro atoms. The number of carbonyl (C=O) groups is 1. The third kappa shape index (κ3) is 5.38. The van der Waals surface area contributed by atoms with Gasteiger partial charge in [-0.2, -0.15) is 18.4 Å². The molecule has 1 saturated heterocycles. The van der Waals surface area contributed by atoms with Gasteiger partial charge in [-0.05, 0) is 12.1 Å². The molecule has 0 radical (unpaired) electrons. The number of amides is 1. The van der Waals surface area contributed by atoms with E-state index >= 15 is 0 Å². The maximum atomic E-state index is 13.1. The van der Waals surface area contributed by atoms with Crippen molar-refractivity contribution in [1.29, 1.82) is 5.26 Å². The molecular formula is C18H15ClF3N5O4S. The first kappa shape index (κ1) is 23.6. The van der Waals surface area contributed by atoms with Crippen molar-refractivity contribution < 1.29 is 31.1 Å². The van der Waals surface area contributed by atoms with Gasteiger partial charge < -0.3 is 15.0 Å². The Balaban J connectivity index is 1.89. The summed E-state index contributed by atoms with van der Waals surface area (Å²) in [6.45, 7) is -1.85. The van der Waals surface area contributed by atoms with Crippen molar-refractivity contribution in [3.8, 4) is 6.07 Å². The lowest BCUT2D eigenvalue weighted by atomic mass is 10.3. The van der Waals surface area contributed by atoms with Crippen LogP contribution < -0.4 is 10.2 Å². The molecule has 1 aromatic heterocycles. The van der Waals surface area contributed by atoms with Crippen molar-refractivity contribution in [3.05, 3.63) is 47.4 Å². The van der Waals surface area contributed by atoms with Gasteiger partial charge in [0.2, 0.25) is 0 Å². The second-order valence-corrected chi connectivity index (χ2v) is 9.29. The van der Waals surface area contributed by atoms with E-state index in [0.29, 0.717) is 0 Å². The van der Waals surface area contributed by atoms with E-state index in [4.69, 9.17) is 21.6 Å². The molecule has 1 aliphatic rings. The van der Waals surface area contributed by atoms with Crippen molar-refractivity contribution in [1.82, 2.24) is 15.3 Å². The summed E-state index contributed by atoms with van der Waals surface area (Å²) in [5.41, 5.74) is -0.0832. The van der Waals surface area contributed by atoms with E-state index in [1.54, 1.807) is 17.5 Å². The number of alkyl halides is 3. The highest BCUT2D eigenvalue weighted by Crippen LogP contribution is 2.34. The SMILES string of the molecule is N#Cc1cncc(N2C[C@@H](S(=O)(=O)c3ccccc3Cl)C[C@H]2OC(=O)NCC(F)(F)F)n1. The van der Waals surface area contributed by atoms with Crippen LogP contribution in [-0.4, -0.2) is 55.2 Å². The van der Waals surface area contributed by atoms with E-state index in [9.17, 15) is 26.4 Å². The van der Waals surface area contributed by atoms with Crippen molar-refractivity contribution in [2.45, 2.75) is 29.0 Å². The number of halogens is 4. The number of ether oxygens (including phenoxy) is 1. The minimum Gasteiger partial charge on any atom is -0.425 e. The Morgan fingerprint density at radius 2 is 2.06 bits per heavy atom. The van der Waals surface area contributed by atoms with Crippen molar-refractivity contribution in [3.63, 3.8) is 0 Å². The standard InChI is InChI=1S/C18H15ClF3N5O4S/c19-13-3-1-2-4-14(13)32(29,30)12-5-16(31-17(28)25-10-18(20,21)22)27(9-12)15-8-24-7-11(6-23)26-15/h1-4,7-8,12,16H,5,9-10H2,(H,25,28)/t12-,16+/m0/s1. The molecule has 14 heteroatoms. The van der Waals surface area contributed by atoms with Crippen LogP contribution in [0.5, 0.6) is 0 Å². The molecule has 32 heavy (non-hydrogen) atoms. The summed E-state index contributed by atoms with van der Waals surface area (Å²) in [7, 11) is -4.01. The van der Waals surface area contributed by atoms with E-state index in [1.807, 2.05) is 0 Å². The molecule has 1 amide bonds. The van der Waals surface area contributed by atoms with Gasteiger partial charge in [0.25, 0.3) is 0 Å². The highest BCUT2D eigenvalue weighted by Gasteiger charge is 2.43. The second-order valence-electron chi connectivity index (χ2n) is 6.69. The monoisotopic (exact) mass is 489 g/mol. The van der Waals surface area contributed by atoms with Crippen LogP contribution in [0.25, 0.3) is 0 Å². The van der Waals surface area contributed by atoms with Gasteiger partial charge in [0.1, 0.15) is 12.6 Å². The van der Waals surface area contributed by atoms with Crippen LogP contribution in [0.1, 0.15) is 12.1 Å². The predicted octanol–water partition coefficient (Wildman–Crippen LogP) is 2.67. The molecule has 3 rings (SSSR count). The van der Waals surface area contributed by atoms with Crippen LogP contribution in [-0.2, 0) is 14.6 Å². The molecule has 1 N–H and O–H groups in total. The number of nitrogens with zero attached hydrogens (tertiary/aromatic N) is 4. The minimum atomic E-state index is -4.66. The molecule has 1 aliphatic heterocycles. The van der Waals surface area contributed by atoms with Crippen LogP contribution in [0.2, 0.25) is 5.02 Å². The Hall–Kier alpha value is -3.11. The number of alkyl carbamates (subject to hydrolysis) is 1. The Labute approximate surface area is 185 Å². The number of sulfone groups is 1. The molecule has 1 fully saturated rings. The first-order valence-corrected chi connectivity index (χ1v) is 10.9. The molecule has 0 unspecified atom stereocenters. The molecule has 0 saturated carbocycles. The van der Waals surface area contributed by atoms with E-state index in [-0.39, 0.29) is 34.4 Å². The molecule has 0 bridgehead atoms. The van der Waals surface area contributed by atoms with E-state index in [1.165, 1.54) is 35.5 Å². The second kappa shape index (κ2) is 9.17. The van der Waals surface area contributed by atoms with Crippen molar-refractivity contribution in [2.24, 2.45) is 0 Å². The van der Waals surface area contributed by atoms with E-state index < -0.39 is 40.1 Å². The number of anilines is 1. The van der Waals surface area contributed by atoms with Crippen LogP contribution in [0.4, 0.5) is 23.8 Å². The van der Waals surface area contributed by atoms with E-state index in [2.05, 4.69) is 9.97 Å². The number of rotatable bonds is 5. The first-order chi connectivity index (χ1) is 15.0. The fourth-order valence-electron chi connectivity index (χ4n) is 3.08. The van der Waals surface area contributed by atoms with Crippen molar-refractivity contribution >= 4 is 33.3 Å². The molecule has 1 aromatic carbocycles. The first-order valence-electron chi connectivity index (χ1n) is 8.99. The molecule has 2 heterocycles. The summed E-state index contributed by atoms with van der Waals surface area (Å²) in [6.07, 6.45) is -5.22. The summed E-state index contributed by atoms with van der Waals surface area (Å²) in [4.78, 5) is 20.9. The van der Waals surface area contributed by atoms with Gasteiger partial charge >= 0.3 is 12.3 Å². The Morgan fingerprint density at radius 1 is 1.34 bits per heavy atom. The summed E-state index contributed by atoms with van der Waals surface area (Å²) < 4.78 is 68.5. The van der Waals surface area contributed by atoms with Gasteiger partial charge in [0.15, 0.2) is 27.6 Å². The van der Waals surface area contributed by atoms with E-state index in [0.717, 1.165) is 0 Å². The molecule has 9 nitrogen and oxygen atoms in total. The lowest BCUT2D eigenvalue weighted by molar-refractivity contribution is -0.124. The predicted molar refractivity (Wildman–Crippen MR) is 105 cm³/mol. The maximum Gasteiger partial charge on any atom is 0.409 e. The van der Waals surface area contributed by atoms with Gasteiger partial charge in [-0.25, -0.2) is 18.2 Å². The number of hydrogen-bond acceptors (Lipinski definition) is 8. The number of carbonyl (C=O) groups excluding carboxylic acids is 1. The summed E-state index contributed by atoms with van der Waals surface area (Å²) in [6, 6.07) is 7.55. The zero-order valence-corrected chi connectivity index (χ0v) is 17.7. The number of hydrogen-bond donors (Lipinski definition) is 1. The van der Waals surface area contributed by atoms with Gasteiger partial charge in [-0.3, -0.25) is 4.98 Å². The summed E-state index contributed by atoms with van der Waals surface area (Å²) in [5.74, 6) is 0.0227. The largest absolute Gasteiger partial charge is 0.425 e. The average Bonchev–Trinajstić information content (AvgIpc) is 3.16. The molecular weight excluding hydrogens is 475 g/mol. The van der Waals surface area contributed by atoms with Gasteiger partial charge in [0.05, 0.1) is 27.6 Å². The molecule has 2 atom stereocenters. The lowest BCUT2D eigenvalue weighted by Gasteiger charge is -2.25. The topological polar surface area (TPSA) is 125 Å². The van der Waals surface area contributed by atoms with Crippen LogP contribution >= 0.6 is 11.6 Å². The van der Waals surface area contributed by atoms with Gasteiger partial charge in [-0.1, -0.05) is 23.7 Å². The zero-order valence-electron chi connectivity index (χ0n) is 16.1. The third-order valence-electron chi connectivity index (χ3n) is 4.50. The fourth-order valence-corrected chi connectivity index (χ4v) is 5.28. The Bertz CT molecular complexity index is 1160. The van der Waals surface area contributed by atoms with Gasteiger partial charge in [0, 0.05) is 13.0 Å². The third-order valence-corrected chi connectivity index (χ3v) is 7.13.